The van der Waals surface area contributed by atoms with E-state index in [0.29, 0.717) is 18.4 Å². The highest BCUT2D eigenvalue weighted by atomic mass is 35.5. The van der Waals surface area contributed by atoms with Gasteiger partial charge in [-0.15, -0.1) is 24.8 Å². The summed E-state index contributed by atoms with van der Waals surface area (Å²) in [4.78, 5) is 15.7. The summed E-state index contributed by atoms with van der Waals surface area (Å²) in [5.74, 6) is 0.740. The molecule has 118 valence electrons. The number of carbonyl (C=O) groups excluding carboxylic acids is 1. The zero-order chi connectivity index (χ0) is 13.5. The van der Waals surface area contributed by atoms with Crippen LogP contribution in [-0.2, 0) is 11.3 Å². The molecule has 1 amide bonds. The Hall–Kier alpha value is -0.780. The number of halogens is 2. The Kier molecular flexibility index (Phi) is 11.8. The van der Waals surface area contributed by atoms with Gasteiger partial charge in [-0.05, 0) is 18.3 Å². The summed E-state index contributed by atoms with van der Waals surface area (Å²) in [7, 11) is 0. The SMILES string of the molecule is CC(C)C[C@H](N)C(=O)NCC(C)Cn1ccnc1.Cl.Cl. The first-order valence-corrected chi connectivity index (χ1v) is 6.48. The molecule has 1 heterocycles. The highest BCUT2D eigenvalue weighted by molar-refractivity contribution is 5.85. The Morgan fingerprint density at radius 1 is 1.35 bits per heavy atom. The van der Waals surface area contributed by atoms with Crippen LogP contribution < -0.4 is 11.1 Å². The minimum absolute atomic E-state index is 0. The second kappa shape index (κ2) is 10.9. The molecule has 0 radical (unpaired) electrons. The lowest BCUT2D eigenvalue weighted by Gasteiger charge is -2.17. The maximum absolute atomic E-state index is 11.7. The van der Waals surface area contributed by atoms with E-state index in [2.05, 4.69) is 31.1 Å². The normalized spacial score (nSPS) is 13.1. The van der Waals surface area contributed by atoms with E-state index in [0.717, 1.165) is 13.0 Å². The Bertz CT molecular complexity index is 357. The van der Waals surface area contributed by atoms with Gasteiger partial charge in [0.25, 0.3) is 0 Å². The molecule has 1 rings (SSSR count). The lowest BCUT2D eigenvalue weighted by Crippen LogP contribution is -2.43. The maximum atomic E-state index is 11.7. The van der Waals surface area contributed by atoms with E-state index in [1.54, 1.807) is 12.5 Å². The van der Waals surface area contributed by atoms with Gasteiger partial charge in [0.2, 0.25) is 5.91 Å². The van der Waals surface area contributed by atoms with Crippen molar-refractivity contribution in [2.75, 3.05) is 6.54 Å². The summed E-state index contributed by atoms with van der Waals surface area (Å²) in [5, 5.41) is 2.90. The Morgan fingerprint density at radius 3 is 2.50 bits per heavy atom. The molecule has 1 aromatic rings. The summed E-state index contributed by atoms with van der Waals surface area (Å²) >= 11 is 0. The van der Waals surface area contributed by atoms with Crippen molar-refractivity contribution in [3.8, 4) is 0 Å². The molecule has 0 fully saturated rings. The minimum Gasteiger partial charge on any atom is -0.354 e. The number of aromatic nitrogens is 2. The quantitative estimate of drug-likeness (QED) is 0.803. The van der Waals surface area contributed by atoms with E-state index < -0.39 is 6.04 Å². The van der Waals surface area contributed by atoms with Gasteiger partial charge in [-0.3, -0.25) is 4.79 Å². The largest absolute Gasteiger partial charge is 0.354 e. The summed E-state index contributed by atoms with van der Waals surface area (Å²) in [5.41, 5.74) is 5.81. The molecule has 20 heavy (non-hydrogen) atoms. The molecule has 3 N–H and O–H groups in total. The van der Waals surface area contributed by atoms with Gasteiger partial charge in [0.1, 0.15) is 0 Å². The number of imidazole rings is 1. The fourth-order valence-electron chi connectivity index (χ4n) is 1.84. The van der Waals surface area contributed by atoms with Crippen molar-refractivity contribution in [3.63, 3.8) is 0 Å². The number of amides is 1. The Labute approximate surface area is 133 Å². The standard InChI is InChI=1S/C13H24N4O.2ClH/c1-10(2)6-12(14)13(18)16-7-11(3)8-17-5-4-15-9-17;;/h4-5,9-12H,6-8,14H2,1-3H3,(H,16,18);2*1H/t11?,12-;;/m0../s1. The van der Waals surface area contributed by atoms with Crippen LogP contribution in [0.3, 0.4) is 0 Å². The van der Waals surface area contributed by atoms with E-state index in [9.17, 15) is 4.79 Å². The molecular formula is C13H26Cl2N4O. The van der Waals surface area contributed by atoms with Gasteiger partial charge >= 0.3 is 0 Å². The number of carbonyl (C=O) groups is 1. The van der Waals surface area contributed by atoms with E-state index in [1.165, 1.54) is 0 Å². The average Bonchev–Trinajstić information content (AvgIpc) is 2.77. The van der Waals surface area contributed by atoms with Gasteiger partial charge in [-0.1, -0.05) is 20.8 Å². The smallest absolute Gasteiger partial charge is 0.236 e. The van der Waals surface area contributed by atoms with Crippen molar-refractivity contribution in [3.05, 3.63) is 18.7 Å². The average molecular weight is 325 g/mol. The highest BCUT2D eigenvalue weighted by Crippen LogP contribution is 2.03. The van der Waals surface area contributed by atoms with E-state index in [-0.39, 0.29) is 30.7 Å². The number of hydrogen-bond acceptors (Lipinski definition) is 3. The lowest BCUT2D eigenvalue weighted by molar-refractivity contribution is -0.122. The fraction of sp³-hybridized carbons (Fsp3) is 0.692. The van der Waals surface area contributed by atoms with Crippen LogP contribution in [0.1, 0.15) is 27.2 Å². The van der Waals surface area contributed by atoms with Crippen LogP contribution in [0.4, 0.5) is 0 Å². The van der Waals surface area contributed by atoms with Crippen molar-refractivity contribution in [1.82, 2.24) is 14.9 Å². The molecule has 0 spiro atoms. The summed E-state index contributed by atoms with van der Waals surface area (Å²) in [6.07, 6.45) is 6.18. The minimum atomic E-state index is -0.398. The molecular weight excluding hydrogens is 299 g/mol. The van der Waals surface area contributed by atoms with Gasteiger partial charge < -0.3 is 15.6 Å². The van der Waals surface area contributed by atoms with Gasteiger partial charge in [-0.2, -0.15) is 0 Å². The van der Waals surface area contributed by atoms with Crippen LogP contribution in [-0.4, -0.2) is 28.0 Å². The second-order valence-corrected chi connectivity index (χ2v) is 5.35. The predicted molar refractivity (Wildman–Crippen MR) is 86.3 cm³/mol. The van der Waals surface area contributed by atoms with Crippen molar-refractivity contribution < 1.29 is 4.79 Å². The molecule has 0 saturated heterocycles. The molecule has 5 nitrogen and oxygen atoms in total. The second-order valence-electron chi connectivity index (χ2n) is 5.35. The molecule has 0 aliphatic heterocycles. The molecule has 1 aromatic heterocycles. The third kappa shape index (κ3) is 8.40. The van der Waals surface area contributed by atoms with Crippen molar-refractivity contribution in [2.45, 2.75) is 39.8 Å². The van der Waals surface area contributed by atoms with Gasteiger partial charge in [-0.25, -0.2) is 4.98 Å². The number of nitrogens with zero attached hydrogens (tertiary/aromatic N) is 2. The van der Waals surface area contributed by atoms with Gasteiger partial charge in [0, 0.05) is 25.5 Å². The van der Waals surface area contributed by atoms with Crippen LogP contribution in [0.5, 0.6) is 0 Å². The first kappa shape index (κ1) is 21.5. The van der Waals surface area contributed by atoms with Crippen LogP contribution in [0.15, 0.2) is 18.7 Å². The van der Waals surface area contributed by atoms with E-state index >= 15 is 0 Å². The van der Waals surface area contributed by atoms with Crippen LogP contribution in [0.25, 0.3) is 0 Å². The van der Waals surface area contributed by atoms with Crippen molar-refractivity contribution >= 4 is 30.7 Å². The number of nitrogens with one attached hydrogen (secondary N) is 1. The molecule has 7 heteroatoms. The third-order valence-corrected chi connectivity index (χ3v) is 2.77. The molecule has 0 saturated carbocycles. The van der Waals surface area contributed by atoms with Gasteiger partial charge in [0.15, 0.2) is 0 Å². The van der Waals surface area contributed by atoms with Gasteiger partial charge in [0.05, 0.1) is 12.4 Å². The number of nitrogens with two attached hydrogens (primary N) is 1. The molecule has 0 aliphatic rings. The summed E-state index contributed by atoms with van der Waals surface area (Å²) in [6.45, 7) is 7.71. The summed E-state index contributed by atoms with van der Waals surface area (Å²) < 4.78 is 2.00. The molecule has 2 atom stereocenters. The number of rotatable bonds is 7. The van der Waals surface area contributed by atoms with Crippen molar-refractivity contribution in [1.29, 1.82) is 0 Å². The topological polar surface area (TPSA) is 72.9 Å². The van der Waals surface area contributed by atoms with Crippen LogP contribution in [0, 0.1) is 11.8 Å². The maximum Gasteiger partial charge on any atom is 0.236 e. The Balaban J connectivity index is 0. The zero-order valence-electron chi connectivity index (χ0n) is 12.3. The van der Waals surface area contributed by atoms with Crippen LogP contribution in [0.2, 0.25) is 0 Å². The van der Waals surface area contributed by atoms with Crippen LogP contribution >= 0.6 is 24.8 Å². The zero-order valence-corrected chi connectivity index (χ0v) is 13.9. The van der Waals surface area contributed by atoms with E-state index in [1.807, 2.05) is 10.8 Å². The van der Waals surface area contributed by atoms with E-state index in [4.69, 9.17) is 5.73 Å². The lowest BCUT2D eigenvalue weighted by atomic mass is 10.0. The molecule has 0 bridgehead atoms. The fourth-order valence-corrected chi connectivity index (χ4v) is 1.84. The molecule has 0 aromatic carbocycles. The number of hydrogen-bond donors (Lipinski definition) is 2. The first-order chi connectivity index (χ1) is 8.49. The monoisotopic (exact) mass is 324 g/mol. The van der Waals surface area contributed by atoms with Crippen molar-refractivity contribution in [2.24, 2.45) is 17.6 Å². The Morgan fingerprint density at radius 2 is 2.00 bits per heavy atom. The molecule has 1 unspecified atom stereocenters. The molecule has 0 aliphatic carbocycles. The predicted octanol–water partition coefficient (Wildman–Crippen LogP) is 1.85. The highest BCUT2D eigenvalue weighted by Gasteiger charge is 2.15. The summed E-state index contributed by atoms with van der Waals surface area (Å²) in [6, 6.07) is -0.398. The first-order valence-electron chi connectivity index (χ1n) is 6.48. The third-order valence-electron chi connectivity index (χ3n) is 2.77.